The average Bonchev–Trinajstić information content (AvgIpc) is 4.03. The number of fused-ring (bicyclic) bond motifs is 9. The van der Waals surface area contributed by atoms with Crippen molar-refractivity contribution in [2.24, 2.45) is 0 Å². The van der Waals surface area contributed by atoms with E-state index in [0.717, 1.165) is 83.2 Å². The summed E-state index contributed by atoms with van der Waals surface area (Å²) in [5.41, 5.74) is 18.3. The number of furan rings is 2. The van der Waals surface area contributed by atoms with Crippen LogP contribution in [0.4, 0.5) is 17.1 Å². The quantitative estimate of drug-likeness (QED) is 0.160. The van der Waals surface area contributed by atoms with Crippen molar-refractivity contribution in [1.29, 1.82) is 0 Å². The number of nitrogens with zero attached hydrogens (tertiary/aromatic N) is 1. The largest absolute Gasteiger partial charge is 0.456 e. The zero-order valence-corrected chi connectivity index (χ0v) is 34.8. The van der Waals surface area contributed by atoms with Gasteiger partial charge < -0.3 is 13.7 Å². The van der Waals surface area contributed by atoms with Gasteiger partial charge in [-0.1, -0.05) is 176 Å². The van der Waals surface area contributed by atoms with Gasteiger partial charge in [0.05, 0.1) is 5.41 Å². The molecule has 0 fully saturated rings. The topological polar surface area (TPSA) is 29.5 Å². The second kappa shape index (κ2) is 14.3. The number of benzene rings is 10. The normalized spacial score (nSPS) is 12.8. The molecule has 0 aliphatic heterocycles. The molecule has 12 aromatic rings. The number of anilines is 3. The van der Waals surface area contributed by atoms with Crippen molar-refractivity contribution in [3.8, 4) is 33.4 Å². The van der Waals surface area contributed by atoms with Gasteiger partial charge in [0.15, 0.2) is 0 Å². The van der Waals surface area contributed by atoms with Crippen LogP contribution in [0.3, 0.4) is 0 Å². The van der Waals surface area contributed by atoms with E-state index in [4.69, 9.17) is 8.83 Å². The van der Waals surface area contributed by atoms with Gasteiger partial charge in [-0.2, -0.15) is 0 Å². The van der Waals surface area contributed by atoms with Crippen LogP contribution in [0.5, 0.6) is 0 Å². The van der Waals surface area contributed by atoms with Crippen molar-refractivity contribution in [3.05, 3.63) is 259 Å². The molecule has 2 aromatic heterocycles. The molecule has 1 aliphatic carbocycles. The molecule has 300 valence electrons. The molecule has 3 nitrogen and oxygen atoms in total. The summed E-state index contributed by atoms with van der Waals surface area (Å²) in [7, 11) is 0. The number of hydrogen-bond acceptors (Lipinski definition) is 3. The van der Waals surface area contributed by atoms with E-state index >= 15 is 0 Å². The monoisotopic (exact) mass is 817 g/mol. The first kappa shape index (κ1) is 36.3. The van der Waals surface area contributed by atoms with Gasteiger partial charge in [0.25, 0.3) is 0 Å². The first-order chi connectivity index (χ1) is 31.7. The van der Waals surface area contributed by atoms with Gasteiger partial charge in [0.2, 0.25) is 0 Å². The van der Waals surface area contributed by atoms with Crippen LogP contribution in [0.25, 0.3) is 77.3 Å². The summed E-state index contributed by atoms with van der Waals surface area (Å²) in [6.07, 6.45) is 0. The molecule has 0 radical (unpaired) electrons. The van der Waals surface area contributed by atoms with Crippen molar-refractivity contribution in [2.45, 2.75) is 5.41 Å². The Hall–Kier alpha value is -8.40. The van der Waals surface area contributed by atoms with Gasteiger partial charge in [-0.15, -0.1) is 0 Å². The second-order valence-electron chi connectivity index (χ2n) is 16.8. The molecule has 0 amide bonds. The van der Waals surface area contributed by atoms with Gasteiger partial charge in [-0.3, -0.25) is 0 Å². The molecule has 0 unspecified atom stereocenters. The standard InChI is InChI=1S/C61H39NO2/c1-3-17-43(18-4-1)61(44-19-5-2-6-20-44)55-26-10-7-21-49(55)53-38-46(33-35-56(53)61)62(47-34-36-59-54(39-47)51-23-9-11-27-57(51)63-59)45-31-29-40(30-32-45)41-15-13-16-42(37-41)48-24-14-25-52-50-22-8-12-28-58(50)64-60(48)52/h1-39H. The van der Waals surface area contributed by atoms with Crippen molar-refractivity contribution in [1.82, 2.24) is 0 Å². The van der Waals surface area contributed by atoms with Crippen molar-refractivity contribution >= 4 is 60.9 Å². The lowest BCUT2D eigenvalue weighted by Crippen LogP contribution is -2.28. The van der Waals surface area contributed by atoms with Gasteiger partial charge in [0.1, 0.15) is 22.3 Å². The van der Waals surface area contributed by atoms with E-state index in [9.17, 15) is 0 Å². The molecule has 10 aromatic carbocycles. The third-order valence-electron chi connectivity index (χ3n) is 13.4. The fraction of sp³-hybridized carbons (Fsp3) is 0.0164. The summed E-state index contributed by atoms with van der Waals surface area (Å²) in [6, 6.07) is 85.3. The Morgan fingerprint density at radius 3 is 1.62 bits per heavy atom. The van der Waals surface area contributed by atoms with Crippen molar-refractivity contribution < 1.29 is 8.83 Å². The zero-order chi connectivity index (χ0) is 42.2. The van der Waals surface area contributed by atoms with Gasteiger partial charge >= 0.3 is 0 Å². The van der Waals surface area contributed by atoms with Gasteiger partial charge in [-0.25, -0.2) is 0 Å². The summed E-state index contributed by atoms with van der Waals surface area (Å²) >= 11 is 0. The van der Waals surface area contributed by atoms with E-state index in [-0.39, 0.29) is 0 Å². The number of rotatable bonds is 7. The Kier molecular flexibility index (Phi) is 8.13. The minimum absolute atomic E-state index is 0.474. The van der Waals surface area contributed by atoms with Crippen LogP contribution in [0, 0.1) is 0 Å². The molecule has 0 spiro atoms. The van der Waals surface area contributed by atoms with E-state index < -0.39 is 5.41 Å². The summed E-state index contributed by atoms with van der Waals surface area (Å²) in [5, 5.41) is 4.46. The van der Waals surface area contributed by atoms with Crippen LogP contribution in [0.1, 0.15) is 22.3 Å². The summed E-state index contributed by atoms with van der Waals surface area (Å²) in [4.78, 5) is 2.39. The molecule has 0 atom stereocenters. The Bertz CT molecular complexity index is 3690. The molecule has 0 bridgehead atoms. The fourth-order valence-electron chi connectivity index (χ4n) is 10.5. The van der Waals surface area contributed by atoms with Crippen LogP contribution < -0.4 is 4.90 Å². The van der Waals surface area contributed by atoms with Gasteiger partial charge in [-0.05, 0) is 111 Å². The van der Waals surface area contributed by atoms with E-state index in [1.165, 1.54) is 33.4 Å². The zero-order valence-electron chi connectivity index (χ0n) is 34.8. The molecule has 0 saturated heterocycles. The smallest absolute Gasteiger partial charge is 0.143 e. The van der Waals surface area contributed by atoms with Crippen LogP contribution >= 0.6 is 0 Å². The molecule has 1 aliphatic rings. The molecular formula is C61H39NO2. The van der Waals surface area contributed by atoms with E-state index in [1.807, 2.05) is 24.3 Å². The molecular weight excluding hydrogens is 779 g/mol. The predicted molar refractivity (Wildman–Crippen MR) is 264 cm³/mol. The van der Waals surface area contributed by atoms with Crippen LogP contribution in [-0.2, 0) is 5.41 Å². The van der Waals surface area contributed by atoms with E-state index in [2.05, 4.69) is 217 Å². The number of hydrogen-bond donors (Lipinski definition) is 0. The van der Waals surface area contributed by atoms with Gasteiger partial charge in [0, 0.05) is 44.2 Å². The molecule has 2 heterocycles. The first-order valence-electron chi connectivity index (χ1n) is 21.9. The Labute approximate surface area is 370 Å². The van der Waals surface area contributed by atoms with Crippen molar-refractivity contribution in [3.63, 3.8) is 0 Å². The molecule has 64 heavy (non-hydrogen) atoms. The molecule has 3 heteroatoms. The Morgan fingerprint density at radius 1 is 0.297 bits per heavy atom. The third-order valence-corrected chi connectivity index (χ3v) is 13.4. The average molecular weight is 818 g/mol. The minimum Gasteiger partial charge on any atom is -0.456 e. The summed E-state index contributed by atoms with van der Waals surface area (Å²) in [6.45, 7) is 0. The van der Waals surface area contributed by atoms with E-state index in [0.29, 0.717) is 0 Å². The van der Waals surface area contributed by atoms with Crippen LogP contribution in [-0.4, -0.2) is 0 Å². The Morgan fingerprint density at radius 2 is 0.844 bits per heavy atom. The number of para-hydroxylation sites is 3. The minimum atomic E-state index is -0.474. The Balaban J connectivity index is 0.964. The maximum absolute atomic E-state index is 6.45. The highest BCUT2D eigenvalue weighted by Crippen LogP contribution is 2.57. The molecule has 0 saturated carbocycles. The highest BCUT2D eigenvalue weighted by atomic mass is 16.3. The maximum Gasteiger partial charge on any atom is 0.143 e. The lowest BCUT2D eigenvalue weighted by molar-refractivity contribution is 0.669. The lowest BCUT2D eigenvalue weighted by atomic mass is 9.68. The van der Waals surface area contributed by atoms with Crippen LogP contribution in [0.15, 0.2) is 245 Å². The van der Waals surface area contributed by atoms with Crippen molar-refractivity contribution in [2.75, 3.05) is 4.90 Å². The third kappa shape index (κ3) is 5.47. The van der Waals surface area contributed by atoms with E-state index in [1.54, 1.807) is 0 Å². The van der Waals surface area contributed by atoms with Crippen LogP contribution in [0.2, 0.25) is 0 Å². The fourth-order valence-corrected chi connectivity index (χ4v) is 10.5. The SMILES string of the molecule is c1ccc(C2(c3ccccc3)c3ccccc3-c3cc(N(c4ccc(-c5cccc(-c6cccc7c6oc6ccccc67)c5)cc4)c4ccc5oc6ccccc6c5c4)ccc32)cc1. The summed E-state index contributed by atoms with van der Waals surface area (Å²) < 4.78 is 12.8. The lowest BCUT2D eigenvalue weighted by Gasteiger charge is -2.34. The molecule has 13 rings (SSSR count). The maximum atomic E-state index is 6.45. The highest BCUT2D eigenvalue weighted by Gasteiger charge is 2.46. The predicted octanol–water partition coefficient (Wildman–Crippen LogP) is 16.7. The first-order valence-corrected chi connectivity index (χ1v) is 21.9. The molecule has 0 N–H and O–H groups in total. The second-order valence-corrected chi connectivity index (χ2v) is 16.8. The summed E-state index contributed by atoms with van der Waals surface area (Å²) in [5.74, 6) is 0. The highest BCUT2D eigenvalue weighted by molar-refractivity contribution is 6.10.